The Morgan fingerprint density at radius 1 is 0.857 bits per heavy atom. The summed E-state index contributed by atoms with van der Waals surface area (Å²) in [6.45, 7) is 1.39. The fourth-order valence-electron chi connectivity index (χ4n) is 2.18. The van der Waals surface area contributed by atoms with Crippen LogP contribution in [-0.4, -0.2) is 32.8 Å². The summed E-state index contributed by atoms with van der Waals surface area (Å²) in [6, 6.07) is 10.7. The molecule has 0 aliphatic heterocycles. The molecule has 0 bridgehead atoms. The normalized spacial score (nSPS) is 11.8. The minimum Gasteiger partial charge on any atom is -0.295 e. The third-order valence-electron chi connectivity index (χ3n) is 3.57. The van der Waals surface area contributed by atoms with E-state index < -0.39 is 20.0 Å². The zero-order valence-corrected chi connectivity index (χ0v) is 16.8. The summed E-state index contributed by atoms with van der Waals surface area (Å²) >= 11 is 1.03. The van der Waals surface area contributed by atoms with Crippen LogP contribution in [0.15, 0.2) is 63.8 Å². The first-order chi connectivity index (χ1) is 13.2. The van der Waals surface area contributed by atoms with Gasteiger partial charge in [0.15, 0.2) is 5.78 Å². The van der Waals surface area contributed by atoms with Gasteiger partial charge in [-0.25, -0.2) is 16.8 Å². The van der Waals surface area contributed by atoms with Gasteiger partial charge in [0.1, 0.15) is 5.51 Å². The first kappa shape index (κ1) is 19.9. The van der Waals surface area contributed by atoms with Crippen molar-refractivity contribution in [2.75, 3.05) is 9.44 Å². The molecule has 146 valence electrons. The molecule has 1 aromatic heterocycles. The molecule has 2 aromatic carbocycles. The predicted octanol–water partition coefficient (Wildman–Crippen LogP) is 2.34. The van der Waals surface area contributed by atoms with Crippen LogP contribution in [0.5, 0.6) is 0 Å². The molecular weight excluding hydrogens is 424 g/mol. The number of nitrogens with one attached hydrogen (secondary N) is 2. The Labute approximate surface area is 165 Å². The minimum absolute atomic E-state index is 0.0212. The summed E-state index contributed by atoms with van der Waals surface area (Å²) in [5.41, 5.74) is 1.97. The van der Waals surface area contributed by atoms with Crippen LogP contribution >= 0.6 is 11.3 Å². The van der Waals surface area contributed by atoms with Gasteiger partial charge in [-0.05, 0) is 43.3 Å². The van der Waals surface area contributed by atoms with E-state index in [9.17, 15) is 21.6 Å². The van der Waals surface area contributed by atoms with Gasteiger partial charge in [-0.1, -0.05) is 23.5 Å². The summed E-state index contributed by atoms with van der Waals surface area (Å²) < 4.78 is 54.0. The molecule has 1 heterocycles. The molecule has 0 radical (unpaired) electrons. The number of hydrogen-bond donors (Lipinski definition) is 2. The monoisotopic (exact) mass is 438 g/mol. The Morgan fingerprint density at radius 2 is 1.39 bits per heavy atom. The van der Waals surface area contributed by atoms with Crippen molar-refractivity contribution < 1.29 is 21.6 Å². The van der Waals surface area contributed by atoms with E-state index in [0.29, 0.717) is 5.56 Å². The van der Waals surface area contributed by atoms with Crippen molar-refractivity contribution in [1.29, 1.82) is 0 Å². The van der Waals surface area contributed by atoms with E-state index in [1.807, 2.05) is 0 Å². The number of sulfonamides is 2. The molecule has 9 nitrogen and oxygen atoms in total. The van der Waals surface area contributed by atoms with Crippen LogP contribution in [0.3, 0.4) is 0 Å². The van der Waals surface area contributed by atoms with Crippen LogP contribution in [0.25, 0.3) is 0 Å². The van der Waals surface area contributed by atoms with E-state index in [0.717, 1.165) is 11.3 Å². The number of hydrogen-bond acceptors (Lipinski definition) is 8. The fraction of sp³-hybridized carbons (Fsp3) is 0.0625. The van der Waals surface area contributed by atoms with E-state index in [1.54, 1.807) is 0 Å². The Kier molecular flexibility index (Phi) is 5.45. The van der Waals surface area contributed by atoms with Gasteiger partial charge in [-0.3, -0.25) is 14.2 Å². The summed E-state index contributed by atoms with van der Waals surface area (Å²) in [6.07, 6.45) is 0. The summed E-state index contributed by atoms with van der Waals surface area (Å²) in [5.74, 6) is -0.171. The highest BCUT2D eigenvalue weighted by molar-refractivity contribution is 7.93. The highest BCUT2D eigenvalue weighted by Gasteiger charge is 2.18. The second-order valence-corrected chi connectivity index (χ2v) is 9.76. The number of nitrogens with zero attached hydrogens (tertiary/aromatic N) is 2. The van der Waals surface area contributed by atoms with Crippen LogP contribution < -0.4 is 9.44 Å². The van der Waals surface area contributed by atoms with Gasteiger partial charge in [-0.15, -0.1) is 10.2 Å². The quantitative estimate of drug-likeness (QED) is 0.541. The fourth-order valence-corrected chi connectivity index (χ4v) is 4.93. The zero-order valence-electron chi connectivity index (χ0n) is 14.4. The predicted molar refractivity (Wildman–Crippen MR) is 104 cm³/mol. The van der Waals surface area contributed by atoms with Crippen molar-refractivity contribution in [2.45, 2.75) is 16.7 Å². The average Bonchev–Trinajstić information content (AvgIpc) is 3.14. The van der Waals surface area contributed by atoms with Gasteiger partial charge < -0.3 is 0 Å². The molecule has 0 aliphatic carbocycles. The molecule has 28 heavy (non-hydrogen) atoms. The molecule has 0 aliphatic rings. The average molecular weight is 439 g/mol. The number of rotatable bonds is 7. The molecule has 2 N–H and O–H groups in total. The van der Waals surface area contributed by atoms with E-state index in [1.165, 1.54) is 61.0 Å². The molecule has 0 amide bonds. The van der Waals surface area contributed by atoms with Crippen molar-refractivity contribution >= 4 is 48.0 Å². The Balaban J connectivity index is 1.77. The van der Waals surface area contributed by atoms with Gasteiger partial charge in [-0.2, -0.15) is 0 Å². The highest BCUT2D eigenvalue weighted by atomic mass is 32.2. The maximum atomic E-state index is 12.4. The number of carbonyl (C=O) groups excluding carboxylic acids is 1. The largest absolute Gasteiger partial charge is 0.295 e. The SMILES string of the molecule is CC(=O)c1ccc(S(=O)(=O)Nc2ccc(S(=O)(=O)Nc3nncs3)cc2)cc1. The first-order valence-electron chi connectivity index (χ1n) is 7.70. The smallest absolute Gasteiger partial charge is 0.263 e. The van der Waals surface area contributed by atoms with Gasteiger partial charge in [0.25, 0.3) is 20.0 Å². The maximum absolute atomic E-state index is 12.4. The summed E-state index contributed by atoms with van der Waals surface area (Å²) in [5, 5.41) is 7.28. The lowest BCUT2D eigenvalue weighted by Gasteiger charge is -2.10. The lowest BCUT2D eigenvalue weighted by atomic mass is 10.2. The second kappa shape index (κ2) is 7.66. The summed E-state index contributed by atoms with van der Waals surface area (Å²) in [7, 11) is -7.75. The van der Waals surface area contributed by atoms with Crippen LogP contribution in [-0.2, 0) is 20.0 Å². The topological polar surface area (TPSA) is 135 Å². The molecule has 0 atom stereocenters. The molecule has 0 saturated heterocycles. The third-order valence-corrected chi connectivity index (χ3v) is 7.06. The maximum Gasteiger partial charge on any atom is 0.263 e. The van der Waals surface area contributed by atoms with E-state index >= 15 is 0 Å². The van der Waals surface area contributed by atoms with E-state index in [4.69, 9.17) is 0 Å². The Morgan fingerprint density at radius 3 is 1.89 bits per heavy atom. The van der Waals surface area contributed by atoms with Crippen molar-refractivity contribution in [1.82, 2.24) is 10.2 Å². The lowest BCUT2D eigenvalue weighted by Crippen LogP contribution is -2.14. The molecule has 3 rings (SSSR count). The van der Waals surface area contributed by atoms with Gasteiger partial charge in [0.2, 0.25) is 5.13 Å². The molecule has 0 saturated carbocycles. The van der Waals surface area contributed by atoms with E-state index in [-0.39, 0.29) is 26.4 Å². The van der Waals surface area contributed by atoms with Crippen molar-refractivity contribution in [3.63, 3.8) is 0 Å². The molecule has 12 heteroatoms. The molecule has 3 aromatic rings. The highest BCUT2D eigenvalue weighted by Crippen LogP contribution is 2.21. The number of Topliss-reactive ketones (excluding diaryl/α,β-unsaturated/α-hetero) is 1. The van der Waals surface area contributed by atoms with E-state index in [2.05, 4.69) is 19.6 Å². The summed E-state index contributed by atoms with van der Waals surface area (Å²) in [4.78, 5) is 11.2. The second-order valence-electron chi connectivity index (χ2n) is 5.56. The van der Waals surface area contributed by atoms with Crippen molar-refractivity contribution in [3.8, 4) is 0 Å². The first-order valence-corrected chi connectivity index (χ1v) is 11.5. The van der Waals surface area contributed by atoms with Crippen molar-refractivity contribution in [2.24, 2.45) is 0 Å². The number of aromatic nitrogens is 2. The van der Waals surface area contributed by atoms with Crippen LogP contribution in [0.1, 0.15) is 17.3 Å². The number of benzene rings is 2. The Hall–Kier alpha value is -2.83. The molecular formula is C16H14N4O5S3. The minimum atomic E-state index is -3.89. The number of ketones is 1. The Bertz CT molecular complexity index is 1190. The standard InChI is InChI=1S/C16H14N4O5S3/c1-11(21)12-2-6-14(7-3-12)27(22,23)19-13-4-8-15(9-5-13)28(24,25)20-16-18-17-10-26-16/h2-10,19H,1H3,(H,18,20). The van der Waals surface area contributed by atoms with Gasteiger partial charge >= 0.3 is 0 Å². The molecule has 0 fully saturated rings. The van der Waals surface area contributed by atoms with Crippen LogP contribution in [0.2, 0.25) is 0 Å². The van der Waals surface area contributed by atoms with Crippen LogP contribution in [0.4, 0.5) is 10.8 Å². The van der Waals surface area contributed by atoms with Crippen LogP contribution in [0, 0.1) is 0 Å². The number of anilines is 2. The molecule has 0 spiro atoms. The van der Waals surface area contributed by atoms with Gasteiger partial charge in [0.05, 0.1) is 9.79 Å². The van der Waals surface area contributed by atoms with Gasteiger partial charge in [0, 0.05) is 11.3 Å². The lowest BCUT2D eigenvalue weighted by molar-refractivity contribution is 0.101. The van der Waals surface area contributed by atoms with Crippen molar-refractivity contribution in [3.05, 3.63) is 59.6 Å². The number of carbonyl (C=O) groups is 1. The third kappa shape index (κ3) is 4.52. The molecule has 0 unspecified atom stereocenters. The zero-order chi connectivity index (χ0) is 20.4.